The number of tetrazole rings is 1. The first-order valence-corrected chi connectivity index (χ1v) is 10.3. The van der Waals surface area contributed by atoms with Crippen LogP contribution in [0.5, 0.6) is 0 Å². The molecule has 0 bridgehead atoms. The van der Waals surface area contributed by atoms with Gasteiger partial charge < -0.3 is 9.88 Å². The molecule has 0 spiro atoms. The van der Waals surface area contributed by atoms with Crippen LogP contribution in [0.15, 0.2) is 41.2 Å². The lowest BCUT2D eigenvalue weighted by Gasteiger charge is -2.28. The average molecular weight is 406 g/mol. The van der Waals surface area contributed by atoms with Crippen LogP contribution in [0.3, 0.4) is 0 Å². The first-order valence-electron chi connectivity index (χ1n) is 10.3. The van der Waals surface area contributed by atoms with Crippen LogP contribution in [0.2, 0.25) is 0 Å². The van der Waals surface area contributed by atoms with Gasteiger partial charge in [-0.05, 0) is 56.4 Å². The minimum atomic E-state index is -0.290. The van der Waals surface area contributed by atoms with Crippen LogP contribution in [0.1, 0.15) is 53.3 Å². The SMILES string of the molecule is Cc1cc(C)n(C)c(=O)c1C(=O)NC1CCC(n2nnc(-c3ccccc3)n2)CC1. The van der Waals surface area contributed by atoms with Gasteiger partial charge in [0.25, 0.3) is 11.5 Å². The number of amides is 1. The molecule has 1 aromatic carbocycles. The molecule has 3 aromatic rings. The Hall–Kier alpha value is -3.29. The number of nitrogens with one attached hydrogen (secondary N) is 1. The molecule has 1 aliphatic rings. The Kier molecular flexibility index (Phi) is 5.48. The Balaban J connectivity index is 1.39. The summed E-state index contributed by atoms with van der Waals surface area (Å²) in [5, 5.41) is 16.0. The van der Waals surface area contributed by atoms with Crippen molar-refractivity contribution < 1.29 is 4.79 Å². The number of carbonyl (C=O) groups is 1. The van der Waals surface area contributed by atoms with Crippen molar-refractivity contribution in [2.75, 3.05) is 0 Å². The molecule has 2 aromatic heterocycles. The van der Waals surface area contributed by atoms with Crippen molar-refractivity contribution in [2.24, 2.45) is 7.05 Å². The highest BCUT2D eigenvalue weighted by Crippen LogP contribution is 2.28. The minimum Gasteiger partial charge on any atom is -0.349 e. The van der Waals surface area contributed by atoms with Crippen LogP contribution >= 0.6 is 0 Å². The Morgan fingerprint density at radius 3 is 2.50 bits per heavy atom. The summed E-state index contributed by atoms with van der Waals surface area (Å²) in [7, 11) is 1.69. The average Bonchev–Trinajstić information content (AvgIpc) is 3.23. The van der Waals surface area contributed by atoms with Crippen LogP contribution in [0.4, 0.5) is 0 Å². The fourth-order valence-electron chi connectivity index (χ4n) is 4.05. The molecule has 8 heteroatoms. The van der Waals surface area contributed by atoms with Crippen LogP contribution in [-0.4, -0.2) is 36.7 Å². The van der Waals surface area contributed by atoms with Crippen molar-refractivity contribution in [1.82, 2.24) is 30.1 Å². The van der Waals surface area contributed by atoms with Gasteiger partial charge in [0.05, 0.1) is 6.04 Å². The van der Waals surface area contributed by atoms with Gasteiger partial charge in [-0.1, -0.05) is 30.3 Å². The van der Waals surface area contributed by atoms with Gasteiger partial charge in [-0.2, -0.15) is 4.80 Å². The number of carbonyl (C=O) groups excluding carboxylic acids is 1. The van der Waals surface area contributed by atoms with Crippen molar-refractivity contribution in [2.45, 2.75) is 51.6 Å². The Morgan fingerprint density at radius 2 is 1.80 bits per heavy atom. The van der Waals surface area contributed by atoms with E-state index >= 15 is 0 Å². The van der Waals surface area contributed by atoms with Crippen molar-refractivity contribution >= 4 is 5.91 Å². The number of hydrogen-bond donors (Lipinski definition) is 1. The van der Waals surface area contributed by atoms with Gasteiger partial charge in [0, 0.05) is 24.3 Å². The van der Waals surface area contributed by atoms with Gasteiger partial charge in [0.1, 0.15) is 5.56 Å². The first-order chi connectivity index (χ1) is 14.4. The molecule has 30 heavy (non-hydrogen) atoms. The lowest BCUT2D eigenvalue weighted by atomic mass is 9.91. The summed E-state index contributed by atoms with van der Waals surface area (Å²) in [5.74, 6) is 0.332. The molecular formula is C22H26N6O2. The highest BCUT2D eigenvalue weighted by molar-refractivity contribution is 5.95. The summed E-state index contributed by atoms with van der Waals surface area (Å²) < 4.78 is 1.51. The summed E-state index contributed by atoms with van der Waals surface area (Å²) in [6.07, 6.45) is 3.31. The molecule has 1 aliphatic carbocycles. The third kappa shape index (κ3) is 3.90. The molecule has 0 unspecified atom stereocenters. The molecule has 0 radical (unpaired) electrons. The minimum absolute atomic E-state index is 0.0382. The van der Waals surface area contributed by atoms with E-state index in [-0.39, 0.29) is 29.1 Å². The number of rotatable bonds is 4. The summed E-state index contributed by atoms with van der Waals surface area (Å²) >= 11 is 0. The van der Waals surface area contributed by atoms with E-state index in [1.165, 1.54) is 4.57 Å². The number of nitrogens with zero attached hydrogens (tertiary/aromatic N) is 5. The molecule has 1 fully saturated rings. The molecule has 1 saturated carbocycles. The second-order valence-corrected chi connectivity index (χ2v) is 7.99. The van der Waals surface area contributed by atoms with Crippen LogP contribution in [0, 0.1) is 13.8 Å². The van der Waals surface area contributed by atoms with Crippen molar-refractivity contribution in [3.8, 4) is 11.4 Å². The van der Waals surface area contributed by atoms with Crippen molar-refractivity contribution in [3.63, 3.8) is 0 Å². The third-order valence-electron chi connectivity index (χ3n) is 5.91. The normalized spacial score (nSPS) is 18.9. The van der Waals surface area contributed by atoms with Crippen molar-refractivity contribution in [1.29, 1.82) is 0 Å². The lowest BCUT2D eigenvalue weighted by Crippen LogP contribution is -2.41. The van der Waals surface area contributed by atoms with Crippen molar-refractivity contribution in [3.05, 3.63) is 63.6 Å². The summed E-state index contributed by atoms with van der Waals surface area (Å²) in [4.78, 5) is 27.0. The molecule has 0 saturated heterocycles. The van der Waals surface area contributed by atoms with E-state index in [9.17, 15) is 9.59 Å². The number of hydrogen-bond acceptors (Lipinski definition) is 5. The maximum atomic E-state index is 12.8. The summed E-state index contributed by atoms with van der Waals surface area (Å²) in [5.41, 5.74) is 2.47. The summed E-state index contributed by atoms with van der Waals surface area (Å²) in [6, 6.07) is 11.9. The van der Waals surface area contributed by atoms with E-state index in [1.807, 2.05) is 43.3 Å². The molecule has 8 nitrogen and oxygen atoms in total. The van der Waals surface area contributed by atoms with Crippen LogP contribution in [-0.2, 0) is 7.05 Å². The Morgan fingerprint density at radius 1 is 1.10 bits per heavy atom. The van der Waals surface area contributed by atoms with E-state index in [0.29, 0.717) is 11.4 Å². The predicted octanol–water partition coefficient (Wildman–Crippen LogP) is 2.57. The molecular weight excluding hydrogens is 380 g/mol. The quantitative estimate of drug-likeness (QED) is 0.719. The Labute approximate surface area is 174 Å². The van der Waals surface area contributed by atoms with E-state index < -0.39 is 0 Å². The molecule has 1 N–H and O–H groups in total. The van der Waals surface area contributed by atoms with Gasteiger partial charge in [0.15, 0.2) is 0 Å². The molecule has 156 valence electrons. The van der Waals surface area contributed by atoms with Gasteiger partial charge in [-0.25, -0.2) is 0 Å². The fraction of sp³-hybridized carbons (Fsp3) is 0.409. The standard InChI is InChI=1S/C22H26N6O2/c1-14-13-15(2)27(3)22(30)19(14)21(29)23-17-9-11-18(12-10-17)28-25-20(24-26-28)16-7-5-4-6-8-16/h4-8,13,17-18H,9-12H2,1-3H3,(H,23,29). The summed E-state index contributed by atoms with van der Waals surface area (Å²) in [6.45, 7) is 3.67. The molecule has 0 atom stereocenters. The fourth-order valence-corrected chi connectivity index (χ4v) is 4.05. The maximum absolute atomic E-state index is 12.8. The van der Waals surface area contributed by atoms with E-state index in [4.69, 9.17) is 0 Å². The van der Waals surface area contributed by atoms with E-state index in [2.05, 4.69) is 20.7 Å². The van der Waals surface area contributed by atoms with Gasteiger partial charge in [-0.15, -0.1) is 10.2 Å². The topological polar surface area (TPSA) is 94.7 Å². The predicted molar refractivity (Wildman–Crippen MR) is 113 cm³/mol. The maximum Gasteiger partial charge on any atom is 0.263 e. The van der Waals surface area contributed by atoms with E-state index in [0.717, 1.165) is 36.9 Å². The number of aromatic nitrogens is 5. The van der Waals surface area contributed by atoms with E-state index in [1.54, 1.807) is 18.8 Å². The Bertz CT molecular complexity index is 1110. The van der Waals surface area contributed by atoms with Crippen LogP contribution < -0.4 is 10.9 Å². The number of benzene rings is 1. The monoisotopic (exact) mass is 406 g/mol. The zero-order valence-corrected chi connectivity index (χ0v) is 17.5. The highest BCUT2D eigenvalue weighted by atomic mass is 16.2. The zero-order valence-electron chi connectivity index (χ0n) is 17.5. The van der Waals surface area contributed by atoms with Gasteiger partial charge in [0.2, 0.25) is 5.82 Å². The van der Waals surface area contributed by atoms with Crippen LogP contribution in [0.25, 0.3) is 11.4 Å². The number of pyridine rings is 1. The smallest absolute Gasteiger partial charge is 0.263 e. The molecule has 0 aliphatic heterocycles. The molecule has 2 heterocycles. The first kappa shape index (κ1) is 20.0. The van der Waals surface area contributed by atoms with Gasteiger partial charge >= 0.3 is 0 Å². The molecule has 4 rings (SSSR count). The second kappa shape index (κ2) is 8.22. The molecule has 1 amide bonds. The second-order valence-electron chi connectivity index (χ2n) is 7.99. The van der Waals surface area contributed by atoms with Gasteiger partial charge in [-0.3, -0.25) is 9.59 Å². The largest absolute Gasteiger partial charge is 0.349 e. The zero-order chi connectivity index (χ0) is 21.3. The highest BCUT2D eigenvalue weighted by Gasteiger charge is 2.27. The number of aryl methyl sites for hydroxylation is 2. The third-order valence-corrected chi connectivity index (χ3v) is 5.91. The lowest BCUT2D eigenvalue weighted by molar-refractivity contribution is 0.0917.